The van der Waals surface area contributed by atoms with Gasteiger partial charge in [-0.25, -0.2) is 0 Å². The van der Waals surface area contributed by atoms with Gasteiger partial charge in [0.15, 0.2) is 0 Å². The van der Waals surface area contributed by atoms with E-state index >= 15 is 0 Å². The maximum atomic E-state index is 12.9. The topological polar surface area (TPSA) is 35.5 Å². The molecule has 1 aliphatic rings. The van der Waals surface area contributed by atoms with Crippen molar-refractivity contribution in [2.75, 3.05) is 0 Å². The number of hydrogen-bond donors (Lipinski definition) is 0. The van der Waals surface area contributed by atoms with Crippen LogP contribution in [0.15, 0.2) is 24.3 Å². The molecule has 1 saturated carbocycles. The Kier molecular flexibility index (Phi) is 8.58. The standard InChI is InChI=1S/C21H28F4O3/c1-2-3-4-5-6-15-7-9-16(10-8-15)19(26)27-17-11-13-18(14-12-17)28-20(22)21(23,24)25/h11-16,20H,2-10H2,1H3. The van der Waals surface area contributed by atoms with Crippen LogP contribution in [0, 0.1) is 11.8 Å². The molecule has 28 heavy (non-hydrogen) atoms. The highest BCUT2D eigenvalue weighted by atomic mass is 19.4. The van der Waals surface area contributed by atoms with Gasteiger partial charge < -0.3 is 9.47 Å². The Balaban J connectivity index is 1.74. The van der Waals surface area contributed by atoms with Gasteiger partial charge in [-0.05, 0) is 55.9 Å². The van der Waals surface area contributed by atoms with Crippen molar-refractivity contribution in [3.8, 4) is 11.5 Å². The number of alkyl halides is 4. The normalized spacial score (nSPS) is 21.2. The van der Waals surface area contributed by atoms with E-state index in [2.05, 4.69) is 11.7 Å². The first kappa shape index (κ1) is 22.5. The Bertz CT molecular complexity index is 593. The van der Waals surface area contributed by atoms with E-state index in [1.54, 1.807) is 0 Å². The van der Waals surface area contributed by atoms with E-state index in [9.17, 15) is 22.4 Å². The van der Waals surface area contributed by atoms with Crippen LogP contribution in [0.4, 0.5) is 17.6 Å². The molecule has 0 N–H and O–H groups in total. The smallest absolute Gasteiger partial charge is 0.452 e. The van der Waals surface area contributed by atoms with Crippen molar-refractivity contribution < 1.29 is 31.8 Å². The van der Waals surface area contributed by atoms with Crippen molar-refractivity contribution in [2.24, 2.45) is 11.8 Å². The Labute approximate surface area is 163 Å². The fourth-order valence-corrected chi connectivity index (χ4v) is 3.52. The molecule has 0 aliphatic heterocycles. The monoisotopic (exact) mass is 404 g/mol. The zero-order valence-corrected chi connectivity index (χ0v) is 16.1. The van der Waals surface area contributed by atoms with Gasteiger partial charge >= 0.3 is 18.5 Å². The highest BCUT2D eigenvalue weighted by Crippen LogP contribution is 2.33. The van der Waals surface area contributed by atoms with Gasteiger partial charge in [-0.2, -0.15) is 17.6 Å². The Morgan fingerprint density at radius 2 is 1.64 bits per heavy atom. The largest absolute Gasteiger partial charge is 0.457 e. The number of carbonyl (C=O) groups is 1. The number of halogens is 4. The molecule has 0 radical (unpaired) electrons. The van der Waals surface area contributed by atoms with Crippen LogP contribution in [-0.4, -0.2) is 18.5 Å². The van der Waals surface area contributed by atoms with Crippen LogP contribution in [-0.2, 0) is 4.79 Å². The van der Waals surface area contributed by atoms with E-state index < -0.39 is 12.5 Å². The number of esters is 1. The van der Waals surface area contributed by atoms with Gasteiger partial charge in [-0.3, -0.25) is 4.79 Å². The molecule has 0 spiro atoms. The van der Waals surface area contributed by atoms with Crippen LogP contribution in [0.5, 0.6) is 11.5 Å². The second-order valence-electron chi connectivity index (χ2n) is 7.43. The zero-order chi connectivity index (χ0) is 20.6. The summed E-state index contributed by atoms with van der Waals surface area (Å²) < 4.78 is 58.8. The molecule has 1 atom stereocenters. The van der Waals surface area contributed by atoms with Crippen molar-refractivity contribution in [1.29, 1.82) is 0 Å². The number of unbranched alkanes of at least 4 members (excludes halogenated alkanes) is 3. The van der Waals surface area contributed by atoms with Gasteiger partial charge in [-0.1, -0.05) is 39.0 Å². The van der Waals surface area contributed by atoms with Crippen LogP contribution >= 0.6 is 0 Å². The molecule has 0 saturated heterocycles. The van der Waals surface area contributed by atoms with E-state index in [1.165, 1.54) is 44.2 Å². The molecule has 0 heterocycles. The summed E-state index contributed by atoms with van der Waals surface area (Å²) in [6, 6.07) is 4.90. The minimum atomic E-state index is -5.08. The van der Waals surface area contributed by atoms with Crippen LogP contribution in [0.3, 0.4) is 0 Å². The van der Waals surface area contributed by atoms with Crippen LogP contribution < -0.4 is 9.47 Å². The molecule has 0 bridgehead atoms. The Hall–Kier alpha value is -1.79. The highest BCUT2D eigenvalue weighted by Gasteiger charge is 2.42. The van der Waals surface area contributed by atoms with Crippen molar-refractivity contribution in [1.82, 2.24) is 0 Å². The lowest BCUT2D eigenvalue weighted by Gasteiger charge is -2.27. The molecule has 1 fully saturated rings. The molecule has 0 amide bonds. The zero-order valence-electron chi connectivity index (χ0n) is 16.1. The van der Waals surface area contributed by atoms with E-state index in [4.69, 9.17) is 4.74 Å². The first-order chi connectivity index (χ1) is 13.3. The quantitative estimate of drug-likeness (QED) is 0.201. The average Bonchev–Trinajstić information content (AvgIpc) is 2.66. The second-order valence-corrected chi connectivity index (χ2v) is 7.43. The average molecular weight is 404 g/mol. The van der Waals surface area contributed by atoms with Gasteiger partial charge in [-0.15, -0.1) is 0 Å². The van der Waals surface area contributed by atoms with Crippen LogP contribution in [0.25, 0.3) is 0 Å². The Morgan fingerprint density at radius 1 is 1.04 bits per heavy atom. The predicted molar refractivity (Wildman–Crippen MR) is 97.9 cm³/mol. The lowest BCUT2D eigenvalue weighted by molar-refractivity contribution is -0.236. The molecule has 1 unspecified atom stereocenters. The number of ether oxygens (including phenoxy) is 2. The van der Waals surface area contributed by atoms with Crippen molar-refractivity contribution >= 4 is 5.97 Å². The molecular weight excluding hydrogens is 376 g/mol. The number of rotatable bonds is 9. The number of hydrogen-bond acceptors (Lipinski definition) is 3. The lowest BCUT2D eigenvalue weighted by atomic mass is 9.80. The molecule has 2 rings (SSSR count). The third-order valence-electron chi connectivity index (χ3n) is 5.19. The van der Waals surface area contributed by atoms with E-state index in [0.29, 0.717) is 5.92 Å². The minimum Gasteiger partial charge on any atom is -0.452 e. The predicted octanol–water partition coefficient (Wildman–Crippen LogP) is 6.61. The summed E-state index contributed by atoms with van der Waals surface area (Å²) in [5.41, 5.74) is 0. The van der Waals surface area contributed by atoms with Crippen molar-refractivity contribution in [2.45, 2.75) is 77.2 Å². The van der Waals surface area contributed by atoms with Gasteiger partial charge in [0.1, 0.15) is 11.5 Å². The lowest BCUT2D eigenvalue weighted by Crippen LogP contribution is -2.29. The third kappa shape index (κ3) is 7.32. The fourth-order valence-electron chi connectivity index (χ4n) is 3.52. The SMILES string of the molecule is CCCCCCC1CCC(C(=O)Oc2ccc(OC(F)C(F)(F)F)cc2)CC1. The maximum Gasteiger partial charge on any atom is 0.457 e. The summed E-state index contributed by atoms with van der Waals surface area (Å²) in [5, 5.41) is 0. The molecule has 3 nitrogen and oxygen atoms in total. The summed E-state index contributed by atoms with van der Waals surface area (Å²) in [7, 11) is 0. The highest BCUT2D eigenvalue weighted by molar-refractivity contribution is 5.75. The summed E-state index contributed by atoms with van der Waals surface area (Å²) >= 11 is 0. The van der Waals surface area contributed by atoms with Gasteiger partial charge in [0.2, 0.25) is 0 Å². The van der Waals surface area contributed by atoms with Crippen LogP contribution in [0.2, 0.25) is 0 Å². The van der Waals surface area contributed by atoms with Crippen molar-refractivity contribution in [3.63, 3.8) is 0 Å². The summed E-state index contributed by atoms with van der Waals surface area (Å²) in [6.07, 6.45) is 1.40. The van der Waals surface area contributed by atoms with Gasteiger partial charge in [0, 0.05) is 0 Å². The van der Waals surface area contributed by atoms with Crippen LogP contribution in [0.1, 0.15) is 64.7 Å². The molecule has 158 valence electrons. The first-order valence-corrected chi connectivity index (χ1v) is 9.98. The molecular formula is C21H28F4O3. The molecule has 1 aromatic rings. The number of benzene rings is 1. The Morgan fingerprint density at radius 3 is 2.21 bits per heavy atom. The fraction of sp³-hybridized carbons (Fsp3) is 0.667. The maximum absolute atomic E-state index is 12.9. The van der Waals surface area contributed by atoms with E-state index in [-0.39, 0.29) is 23.4 Å². The number of carbonyl (C=O) groups excluding carboxylic acids is 1. The minimum absolute atomic E-state index is 0.150. The van der Waals surface area contributed by atoms with E-state index in [0.717, 1.165) is 37.8 Å². The molecule has 1 aromatic carbocycles. The molecule has 1 aliphatic carbocycles. The van der Waals surface area contributed by atoms with Gasteiger partial charge in [0.05, 0.1) is 5.92 Å². The second kappa shape index (κ2) is 10.7. The van der Waals surface area contributed by atoms with Crippen molar-refractivity contribution in [3.05, 3.63) is 24.3 Å². The van der Waals surface area contributed by atoms with E-state index in [1.807, 2.05) is 0 Å². The first-order valence-electron chi connectivity index (χ1n) is 9.98. The molecule has 0 aromatic heterocycles. The molecule has 7 heteroatoms. The summed E-state index contributed by atoms with van der Waals surface area (Å²) in [6.45, 7) is 2.19. The van der Waals surface area contributed by atoms with Gasteiger partial charge in [0.25, 0.3) is 0 Å². The third-order valence-corrected chi connectivity index (χ3v) is 5.19. The summed E-state index contributed by atoms with van der Waals surface area (Å²) in [4.78, 5) is 12.3. The summed E-state index contributed by atoms with van der Waals surface area (Å²) in [5.74, 6) is 0.134.